The monoisotopic (exact) mass is 374 g/mol. The molecule has 6 nitrogen and oxygen atoms in total. The molecule has 0 radical (unpaired) electrons. The average molecular weight is 374 g/mol. The van der Waals surface area contributed by atoms with Gasteiger partial charge in [0.1, 0.15) is 0 Å². The summed E-state index contributed by atoms with van der Waals surface area (Å²) in [5, 5.41) is 0. The maximum Gasteiger partial charge on any atom is 0.338 e. The topological polar surface area (TPSA) is 105 Å². The Morgan fingerprint density at radius 2 is 0.857 bits per heavy atom. The quantitative estimate of drug-likeness (QED) is 0.524. The van der Waals surface area contributed by atoms with Crippen LogP contribution < -0.4 is 11.5 Å². The molecule has 0 aliphatic carbocycles. The molecule has 0 amide bonds. The average Bonchev–Trinajstić information content (AvgIpc) is 2.71. The Morgan fingerprint density at radius 3 is 1.18 bits per heavy atom. The van der Waals surface area contributed by atoms with Gasteiger partial charge in [0, 0.05) is 11.4 Å². The van der Waals surface area contributed by atoms with Gasteiger partial charge in [-0.15, -0.1) is 0 Å². The number of esters is 2. The number of carbonyl (C=O) groups is 2. The van der Waals surface area contributed by atoms with Crippen molar-refractivity contribution >= 4 is 23.3 Å². The van der Waals surface area contributed by atoms with Crippen LogP contribution in [0.15, 0.2) is 72.8 Å². The van der Waals surface area contributed by atoms with Gasteiger partial charge in [-0.2, -0.15) is 0 Å². The molecule has 2 atom stereocenters. The van der Waals surface area contributed by atoms with Gasteiger partial charge in [0.15, 0.2) is 12.2 Å². The minimum atomic E-state index is -0.852. The summed E-state index contributed by atoms with van der Waals surface area (Å²) in [4.78, 5) is 25.4. The number of nitrogen functional groups attached to an aromatic ring is 2. The van der Waals surface area contributed by atoms with E-state index in [1.807, 2.05) is 0 Å². The maximum absolute atomic E-state index is 12.7. The molecule has 0 spiro atoms. The largest absolute Gasteiger partial charge is 0.450 e. The van der Waals surface area contributed by atoms with Crippen LogP contribution in [0.1, 0.15) is 44.1 Å². The van der Waals surface area contributed by atoms with Crippen LogP contribution in [0.4, 0.5) is 11.4 Å². The van der Waals surface area contributed by atoms with E-state index in [-0.39, 0.29) is 0 Å². The summed E-state index contributed by atoms with van der Waals surface area (Å²) in [6.45, 7) is 0. The fourth-order valence-corrected chi connectivity index (χ4v) is 3.09. The predicted octanol–water partition coefficient (Wildman–Crippen LogP) is 3.66. The third kappa shape index (κ3) is 3.40. The number of benzene rings is 3. The van der Waals surface area contributed by atoms with Crippen molar-refractivity contribution in [1.29, 1.82) is 0 Å². The number of nitrogens with two attached hydrogens (primary N) is 2. The summed E-state index contributed by atoms with van der Waals surface area (Å²) < 4.78 is 11.6. The number of anilines is 2. The van der Waals surface area contributed by atoms with E-state index in [0.717, 1.165) is 0 Å². The van der Waals surface area contributed by atoms with Crippen LogP contribution in [0.5, 0.6) is 0 Å². The number of carbonyl (C=O) groups excluding carboxylic acids is 2. The summed E-state index contributed by atoms with van der Waals surface area (Å²) in [7, 11) is 0. The van der Waals surface area contributed by atoms with Crippen molar-refractivity contribution in [2.75, 3.05) is 11.5 Å². The Labute approximate surface area is 161 Å². The van der Waals surface area contributed by atoms with Gasteiger partial charge in [0.2, 0.25) is 0 Å². The number of rotatable bonds is 2. The van der Waals surface area contributed by atoms with Gasteiger partial charge in [0.25, 0.3) is 0 Å². The van der Waals surface area contributed by atoms with Crippen molar-refractivity contribution in [2.45, 2.75) is 12.2 Å². The predicted molar refractivity (Wildman–Crippen MR) is 104 cm³/mol. The molecule has 3 aromatic carbocycles. The molecule has 2 bridgehead atoms. The number of hydrogen-bond acceptors (Lipinski definition) is 6. The summed E-state index contributed by atoms with van der Waals surface area (Å²) in [6, 6.07) is 20.0. The third-order valence-corrected chi connectivity index (χ3v) is 4.63. The van der Waals surface area contributed by atoms with Gasteiger partial charge in [-0.25, -0.2) is 9.59 Å². The lowest BCUT2D eigenvalue weighted by Gasteiger charge is -2.29. The Balaban J connectivity index is 1.84. The SMILES string of the molecule is Nc1ccc(C2OC(=O)c3ccc(cc3)C(=O)OC2c2ccc(N)cc2)cc1. The highest BCUT2D eigenvalue weighted by atomic mass is 16.6. The van der Waals surface area contributed by atoms with Crippen LogP contribution in [-0.4, -0.2) is 11.9 Å². The fourth-order valence-electron chi connectivity index (χ4n) is 3.09. The van der Waals surface area contributed by atoms with Crippen molar-refractivity contribution in [3.8, 4) is 0 Å². The van der Waals surface area contributed by atoms with Gasteiger partial charge in [-0.1, -0.05) is 24.3 Å². The van der Waals surface area contributed by atoms with Crippen molar-refractivity contribution < 1.29 is 19.1 Å². The molecule has 2 aliphatic heterocycles. The second-order valence-corrected chi connectivity index (χ2v) is 6.56. The molecule has 0 aromatic heterocycles. The first-order chi connectivity index (χ1) is 13.5. The maximum atomic E-state index is 12.7. The van der Waals surface area contributed by atoms with Crippen molar-refractivity contribution in [2.24, 2.45) is 0 Å². The van der Waals surface area contributed by atoms with E-state index in [1.165, 1.54) is 0 Å². The molecule has 6 heteroatoms. The first-order valence-electron chi connectivity index (χ1n) is 8.74. The van der Waals surface area contributed by atoms with Gasteiger partial charge < -0.3 is 20.9 Å². The molecule has 5 rings (SSSR count). The van der Waals surface area contributed by atoms with Gasteiger partial charge >= 0.3 is 11.9 Å². The molecular formula is C22H18N2O4. The van der Waals surface area contributed by atoms with Crippen molar-refractivity contribution in [1.82, 2.24) is 0 Å². The second kappa shape index (κ2) is 7.08. The van der Waals surface area contributed by atoms with E-state index < -0.39 is 24.1 Å². The second-order valence-electron chi connectivity index (χ2n) is 6.56. The zero-order chi connectivity index (χ0) is 19.7. The zero-order valence-electron chi connectivity index (χ0n) is 14.9. The van der Waals surface area contributed by atoms with Gasteiger partial charge in [-0.05, 0) is 59.7 Å². The minimum absolute atomic E-state index is 0.356. The van der Waals surface area contributed by atoms with Gasteiger partial charge in [-0.3, -0.25) is 0 Å². The zero-order valence-corrected chi connectivity index (χ0v) is 14.9. The molecule has 0 saturated carbocycles. The minimum Gasteiger partial charge on any atom is -0.450 e. The summed E-state index contributed by atoms with van der Waals surface area (Å²) in [5.74, 6) is -1.02. The highest BCUT2D eigenvalue weighted by Gasteiger charge is 2.33. The van der Waals surface area contributed by atoms with E-state index in [9.17, 15) is 9.59 Å². The first kappa shape index (κ1) is 17.6. The molecule has 2 unspecified atom stereocenters. The highest BCUT2D eigenvalue weighted by molar-refractivity contribution is 5.94. The van der Waals surface area contributed by atoms with Crippen LogP contribution in [-0.2, 0) is 9.47 Å². The highest BCUT2D eigenvalue weighted by Crippen LogP contribution is 2.38. The van der Waals surface area contributed by atoms with Gasteiger partial charge in [0.05, 0.1) is 11.1 Å². The molecule has 3 aromatic rings. The summed E-state index contributed by atoms with van der Waals surface area (Å²) >= 11 is 0. The first-order valence-corrected chi connectivity index (χ1v) is 8.74. The summed E-state index contributed by atoms with van der Waals surface area (Å²) in [5.41, 5.74) is 14.8. The Bertz CT molecular complexity index is 927. The Morgan fingerprint density at radius 1 is 0.536 bits per heavy atom. The standard InChI is InChI=1S/C22H18N2O4/c23-17-9-5-13(6-10-17)19-20(14-7-11-18(24)12-8-14)28-22(26)16-2-1-15(3-4-16)21(25)27-19/h1-12,19-20H,23-24H2. The van der Waals surface area contributed by atoms with Crippen LogP contribution in [0.3, 0.4) is 0 Å². The van der Waals surface area contributed by atoms with Crippen molar-refractivity contribution in [3.05, 3.63) is 95.1 Å². The summed E-state index contributed by atoms with van der Waals surface area (Å²) in [6.07, 6.45) is -1.70. The van der Waals surface area contributed by atoms with Crippen LogP contribution in [0.25, 0.3) is 0 Å². The van der Waals surface area contributed by atoms with E-state index in [1.54, 1.807) is 72.8 Å². The fraction of sp³-hybridized carbons (Fsp3) is 0.0909. The van der Waals surface area contributed by atoms with E-state index in [4.69, 9.17) is 20.9 Å². The van der Waals surface area contributed by atoms with Crippen LogP contribution in [0.2, 0.25) is 0 Å². The molecule has 4 N–H and O–H groups in total. The molecule has 2 heterocycles. The van der Waals surface area contributed by atoms with E-state index in [2.05, 4.69) is 0 Å². The normalized spacial score (nSPS) is 19.0. The lowest BCUT2D eigenvalue weighted by atomic mass is 9.96. The number of ether oxygens (including phenoxy) is 2. The molecule has 28 heavy (non-hydrogen) atoms. The van der Waals surface area contributed by atoms with Crippen LogP contribution in [0, 0.1) is 0 Å². The molecule has 2 aliphatic rings. The lowest BCUT2D eigenvalue weighted by molar-refractivity contribution is -0.0393. The third-order valence-electron chi connectivity index (χ3n) is 4.63. The molecular weight excluding hydrogens is 356 g/mol. The molecule has 0 saturated heterocycles. The van der Waals surface area contributed by atoms with E-state index in [0.29, 0.717) is 33.6 Å². The van der Waals surface area contributed by atoms with E-state index >= 15 is 0 Å². The Hall–Kier alpha value is -3.80. The number of hydrogen-bond donors (Lipinski definition) is 2. The Kier molecular flexibility index (Phi) is 4.45. The van der Waals surface area contributed by atoms with Crippen molar-refractivity contribution in [3.63, 3.8) is 0 Å². The van der Waals surface area contributed by atoms with Crippen LogP contribution >= 0.6 is 0 Å². The lowest BCUT2D eigenvalue weighted by Crippen LogP contribution is -2.24. The smallest absolute Gasteiger partial charge is 0.338 e. The molecule has 0 fully saturated rings. The molecule has 140 valence electrons. The number of fused-ring (bicyclic) bond motifs is 7.